The zero-order valence-corrected chi connectivity index (χ0v) is 13.4. The van der Waals surface area contributed by atoms with E-state index in [0.717, 1.165) is 25.0 Å². The minimum atomic E-state index is -0.960. The molecule has 0 heterocycles. The highest BCUT2D eigenvalue weighted by molar-refractivity contribution is 7.98. The molecule has 1 saturated carbocycles. The topological polar surface area (TPSA) is 69.6 Å². The van der Waals surface area contributed by atoms with Crippen molar-refractivity contribution >= 4 is 23.8 Å². The predicted octanol–water partition coefficient (Wildman–Crippen LogP) is 2.41. The maximum atomic E-state index is 12.2. The Bertz CT molecular complexity index is 338. The molecular weight excluding hydrogens is 276 g/mol. The first-order chi connectivity index (χ1) is 9.45. The molecule has 2 amide bonds. The molecule has 20 heavy (non-hydrogen) atoms. The van der Waals surface area contributed by atoms with E-state index in [1.165, 1.54) is 6.42 Å². The van der Waals surface area contributed by atoms with Crippen molar-refractivity contribution < 1.29 is 14.7 Å². The molecule has 1 rings (SSSR count). The largest absolute Gasteiger partial charge is 0.480 e. The minimum absolute atomic E-state index is 0.230. The molecule has 3 atom stereocenters. The molecule has 1 fully saturated rings. The van der Waals surface area contributed by atoms with Gasteiger partial charge >= 0.3 is 12.0 Å². The Morgan fingerprint density at radius 1 is 1.45 bits per heavy atom. The standard InChI is InChI=1S/C14H26N2O3S/c1-10-5-4-6-11(9-10)16(2)14(19)15-12(13(17)18)7-8-20-3/h10-12H,4-9H2,1-3H3,(H,15,19)(H,17,18)/t10?,11?,12-/m0/s1. The zero-order valence-electron chi connectivity index (χ0n) is 12.6. The summed E-state index contributed by atoms with van der Waals surface area (Å²) in [6, 6.07) is -0.829. The van der Waals surface area contributed by atoms with Crippen molar-refractivity contribution in [3.8, 4) is 0 Å². The van der Waals surface area contributed by atoms with Gasteiger partial charge in [-0.1, -0.05) is 19.8 Å². The monoisotopic (exact) mass is 302 g/mol. The number of amides is 2. The van der Waals surface area contributed by atoms with Crippen LogP contribution in [0.15, 0.2) is 0 Å². The summed E-state index contributed by atoms with van der Waals surface area (Å²) in [6.07, 6.45) is 6.76. The SMILES string of the molecule is CSCC[C@H](NC(=O)N(C)C1CCCC(C)C1)C(=O)O. The van der Waals surface area contributed by atoms with E-state index >= 15 is 0 Å². The molecule has 2 N–H and O–H groups in total. The van der Waals surface area contributed by atoms with Gasteiger partial charge in [-0.3, -0.25) is 0 Å². The van der Waals surface area contributed by atoms with Crippen molar-refractivity contribution in [2.24, 2.45) is 5.92 Å². The fraction of sp³-hybridized carbons (Fsp3) is 0.857. The van der Waals surface area contributed by atoms with Crippen LogP contribution >= 0.6 is 11.8 Å². The lowest BCUT2D eigenvalue weighted by Crippen LogP contribution is -2.50. The van der Waals surface area contributed by atoms with Crippen LogP contribution in [0.5, 0.6) is 0 Å². The van der Waals surface area contributed by atoms with Gasteiger partial charge in [-0.05, 0) is 37.2 Å². The Hall–Kier alpha value is -0.910. The van der Waals surface area contributed by atoms with Gasteiger partial charge in [-0.25, -0.2) is 9.59 Å². The quantitative estimate of drug-likeness (QED) is 0.790. The van der Waals surface area contributed by atoms with Crippen LogP contribution in [0, 0.1) is 5.92 Å². The van der Waals surface area contributed by atoms with Crippen molar-refractivity contribution in [3.63, 3.8) is 0 Å². The Labute approximate surface area is 125 Å². The summed E-state index contributed by atoms with van der Waals surface area (Å²) in [7, 11) is 1.77. The van der Waals surface area contributed by atoms with E-state index in [9.17, 15) is 9.59 Å². The summed E-state index contributed by atoms with van der Waals surface area (Å²) < 4.78 is 0. The third-order valence-corrected chi connectivity index (χ3v) is 4.63. The maximum Gasteiger partial charge on any atom is 0.326 e. The first kappa shape index (κ1) is 17.1. The summed E-state index contributed by atoms with van der Waals surface area (Å²) in [5.41, 5.74) is 0. The molecule has 0 aromatic heterocycles. The minimum Gasteiger partial charge on any atom is -0.480 e. The lowest BCUT2D eigenvalue weighted by Gasteiger charge is -2.34. The van der Waals surface area contributed by atoms with Crippen LogP contribution in [-0.4, -0.2) is 53.1 Å². The summed E-state index contributed by atoms with van der Waals surface area (Å²) in [4.78, 5) is 25.0. The maximum absolute atomic E-state index is 12.2. The lowest BCUT2D eigenvalue weighted by atomic mass is 9.86. The number of rotatable bonds is 6. The number of hydrogen-bond acceptors (Lipinski definition) is 3. The van der Waals surface area contributed by atoms with Gasteiger partial charge in [0.05, 0.1) is 0 Å². The fourth-order valence-corrected chi connectivity index (χ4v) is 3.14. The number of nitrogens with one attached hydrogen (secondary N) is 1. The number of carbonyl (C=O) groups excluding carboxylic acids is 1. The van der Waals surface area contributed by atoms with Crippen molar-refractivity contribution in [2.45, 2.75) is 51.1 Å². The Balaban J connectivity index is 2.52. The Morgan fingerprint density at radius 2 is 2.15 bits per heavy atom. The molecule has 0 aliphatic heterocycles. The van der Waals surface area contributed by atoms with E-state index in [-0.39, 0.29) is 12.1 Å². The second-order valence-corrected chi connectivity index (χ2v) is 6.64. The Kier molecular flexibility index (Phi) is 7.19. The molecule has 1 aliphatic carbocycles. The molecule has 0 spiro atoms. The van der Waals surface area contributed by atoms with Gasteiger partial charge in [-0.2, -0.15) is 11.8 Å². The van der Waals surface area contributed by atoms with Crippen molar-refractivity contribution in [3.05, 3.63) is 0 Å². The van der Waals surface area contributed by atoms with Gasteiger partial charge in [0.25, 0.3) is 0 Å². The number of nitrogens with zero attached hydrogens (tertiary/aromatic N) is 1. The van der Waals surface area contributed by atoms with Crippen molar-refractivity contribution in [1.29, 1.82) is 0 Å². The van der Waals surface area contributed by atoms with E-state index < -0.39 is 12.0 Å². The van der Waals surface area contributed by atoms with Crippen LogP contribution in [0.2, 0.25) is 0 Å². The third kappa shape index (κ3) is 5.23. The van der Waals surface area contributed by atoms with E-state index in [2.05, 4.69) is 12.2 Å². The number of carboxylic acids is 1. The normalized spacial score (nSPS) is 23.9. The summed E-state index contributed by atoms with van der Waals surface area (Å²) >= 11 is 1.58. The van der Waals surface area contributed by atoms with Crippen LogP contribution in [0.25, 0.3) is 0 Å². The highest BCUT2D eigenvalue weighted by Gasteiger charge is 2.28. The Morgan fingerprint density at radius 3 is 2.70 bits per heavy atom. The molecule has 0 aromatic carbocycles. The summed E-state index contributed by atoms with van der Waals surface area (Å²) in [5, 5.41) is 11.8. The fourth-order valence-electron chi connectivity index (χ4n) is 2.66. The molecule has 116 valence electrons. The number of urea groups is 1. The number of thioether (sulfide) groups is 1. The van der Waals surface area contributed by atoms with E-state index in [4.69, 9.17) is 5.11 Å². The van der Waals surface area contributed by atoms with Crippen LogP contribution in [0.3, 0.4) is 0 Å². The van der Waals surface area contributed by atoms with Crippen molar-refractivity contribution in [2.75, 3.05) is 19.1 Å². The molecule has 0 radical (unpaired) electrons. The van der Waals surface area contributed by atoms with E-state index in [1.807, 2.05) is 6.26 Å². The predicted molar refractivity (Wildman–Crippen MR) is 82.1 cm³/mol. The van der Waals surface area contributed by atoms with Gasteiger partial charge < -0.3 is 15.3 Å². The zero-order chi connectivity index (χ0) is 15.1. The van der Waals surface area contributed by atoms with Crippen LogP contribution in [0.4, 0.5) is 4.79 Å². The molecule has 0 bridgehead atoms. The van der Waals surface area contributed by atoms with Gasteiger partial charge in [0.15, 0.2) is 0 Å². The smallest absolute Gasteiger partial charge is 0.326 e. The molecule has 6 heteroatoms. The average Bonchev–Trinajstić information content (AvgIpc) is 2.42. The van der Waals surface area contributed by atoms with Gasteiger partial charge in [0.1, 0.15) is 6.04 Å². The highest BCUT2D eigenvalue weighted by atomic mass is 32.2. The first-order valence-electron chi connectivity index (χ1n) is 7.20. The second kappa shape index (κ2) is 8.39. The number of aliphatic carboxylic acids is 1. The number of hydrogen-bond donors (Lipinski definition) is 2. The molecule has 1 aliphatic rings. The summed E-state index contributed by atoms with van der Waals surface area (Å²) in [6.45, 7) is 2.20. The second-order valence-electron chi connectivity index (χ2n) is 5.66. The van der Waals surface area contributed by atoms with E-state index in [1.54, 1.807) is 23.7 Å². The molecule has 0 aromatic rings. The van der Waals surface area contributed by atoms with E-state index in [0.29, 0.717) is 12.3 Å². The highest BCUT2D eigenvalue weighted by Crippen LogP contribution is 2.26. The van der Waals surface area contributed by atoms with Crippen LogP contribution < -0.4 is 5.32 Å². The molecular formula is C14H26N2O3S. The number of carboxylic acid groups (broad SMARTS) is 1. The summed E-state index contributed by atoms with van der Waals surface area (Å²) in [5.74, 6) is 0.398. The number of carbonyl (C=O) groups is 2. The van der Waals surface area contributed by atoms with Gasteiger partial charge in [-0.15, -0.1) is 0 Å². The van der Waals surface area contributed by atoms with Crippen LogP contribution in [-0.2, 0) is 4.79 Å². The molecule has 5 nitrogen and oxygen atoms in total. The average molecular weight is 302 g/mol. The first-order valence-corrected chi connectivity index (χ1v) is 8.60. The molecule has 2 unspecified atom stereocenters. The third-order valence-electron chi connectivity index (χ3n) is 3.98. The van der Waals surface area contributed by atoms with Crippen LogP contribution in [0.1, 0.15) is 39.0 Å². The van der Waals surface area contributed by atoms with Gasteiger partial charge in [0, 0.05) is 13.1 Å². The molecule has 0 saturated heterocycles. The van der Waals surface area contributed by atoms with Crippen molar-refractivity contribution in [1.82, 2.24) is 10.2 Å². The lowest BCUT2D eigenvalue weighted by molar-refractivity contribution is -0.139. The van der Waals surface area contributed by atoms with Gasteiger partial charge in [0.2, 0.25) is 0 Å².